The normalized spacial score (nSPS) is 26.0. The van der Waals surface area contributed by atoms with Crippen LogP contribution in [-0.4, -0.2) is 25.1 Å². The molecule has 1 aliphatic rings. The Morgan fingerprint density at radius 2 is 2.28 bits per heavy atom. The summed E-state index contributed by atoms with van der Waals surface area (Å²) in [5, 5.41) is 4.44. The molecule has 18 heavy (non-hydrogen) atoms. The van der Waals surface area contributed by atoms with Crippen molar-refractivity contribution in [3.05, 3.63) is 11.1 Å². The molecule has 0 amide bonds. The Labute approximate surface area is 115 Å². The molecule has 3 nitrogen and oxygen atoms in total. The van der Waals surface area contributed by atoms with E-state index in [4.69, 9.17) is 0 Å². The monoisotopic (exact) mass is 267 g/mol. The van der Waals surface area contributed by atoms with E-state index in [-0.39, 0.29) is 0 Å². The first-order valence-corrected chi connectivity index (χ1v) is 7.79. The predicted octanol–water partition coefficient (Wildman–Crippen LogP) is 3.44. The summed E-state index contributed by atoms with van der Waals surface area (Å²) in [6, 6.07) is 1.08. The van der Waals surface area contributed by atoms with E-state index in [0.29, 0.717) is 12.1 Å². The zero-order valence-electron chi connectivity index (χ0n) is 11.9. The van der Waals surface area contributed by atoms with Crippen LogP contribution in [0.15, 0.2) is 6.20 Å². The van der Waals surface area contributed by atoms with Gasteiger partial charge in [-0.05, 0) is 32.7 Å². The molecule has 2 rings (SSSR count). The van der Waals surface area contributed by atoms with Crippen molar-refractivity contribution < 1.29 is 0 Å². The minimum Gasteiger partial charge on any atom is -0.348 e. The highest BCUT2D eigenvalue weighted by atomic mass is 32.1. The van der Waals surface area contributed by atoms with Crippen molar-refractivity contribution in [2.45, 2.75) is 51.6 Å². The van der Waals surface area contributed by atoms with Crippen molar-refractivity contribution in [1.82, 2.24) is 10.3 Å². The number of thiazole rings is 1. The van der Waals surface area contributed by atoms with Crippen LogP contribution in [0.25, 0.3) is 0 Å². The highest BCUT2D eigenvalue weighted by Gasteiger charge is 2.24. The molecule has 0 aliphatic heterocycles. The van der Waals surface area contributed by atoms with Crippen LogP contribution < -0.4 is 10.2 Å². The molecule has 0 aromatic carbocycles. The van der Waals surface area contributed by atoms with Gasteiger partial charge in [-0.2, -0.15) is 0 Å². The van der Waals surface area contributed by atoms with E-state index in [9.17, 15) is 0 Å². The van der Waals surface area contributed by atoms with Crippen LogP contribution >= 0.6 is 11.3 Å². The molecular weight excluding hydrogens is 242 g/mol. The highest BCUT2D eigenvalue weighted by Crippen LogP contribution is 2.32. The fourth-order valence-corrected chi connectivity index (χ4v) is 3.70. The summed E-state index contributed by atoms with van der Waals surface area (Å²) in [5.41, 5.74) is 0. The van der Waals surface area contributed by atoms with Gasteiger partial charge >= 0.3 is 0 Å². The standard InChI is InChI=1S/C14H25N3S/c1-10-6-5-7-12(8-10)17(4)14-16-9-13(18-14)11(2)15-3/h9-12,15H,5-8H2,1-4H3. The summed E-state index contributed by atoms with van der Waals surface area (Å²) in [6.07, 6.45) is 7.40. The quantitative estimate of drug-likeness (QED) is 0.906. The van der Waals surface area contributed by atoms with E-state index >= 15 is 0 Å². The third-order valence-corrected chi connectivity index (χ3v) is 5.40. The molecule has 102 valence electrons. The van der Waals surface area contributed by atoms with Gasteiger partial charge in [-0.3, -0.25) is 0 Å². The maximum atomic E-state index is 4.59. The van der Waals surface area contributed by atoms with Gasteiger partial charge < -0.3 is 10.2 Å². The van der Waals surface area contributed by atoms with Gasteiger partial charge in [0.15, 0.2) is 5.13 Å². The number of nitrogens with one attached hydrogen (secondary N) is 1. The summed E-state index contributed by atoms with van der Waals surface area (Å²) < 4.78 is 0. The molecule has 4 heteroatoms. The molecular formula is C14H25N3S. The Hall–Kier alpha value is -0.610. The zero-order chi connectivity index (χ0) is 13.1. The lowest BCUT2D eigenvalue weighted by Gasteiger charge is -2.33. The van der Waals surface area contributed by atoms with E-state index < -0.39 is 0 Å². The minimum atomic E-state index is 0.398. The first-order chi connectivity index (χ1) is 8.61. The topological polar surface area (TPSA) is 28.2 Å². The van der Waals surface area contributed by atoms with Gasteiger partial charge in [0.1, 0.15) is 0 Å². The second-order valence-corrected chi connectivity index (χ2v) is 6.63. The Balaban J connectivity index is 2.03. The van der Waals surface area contributed by atoms with Crippen molar-refractivity contribution in [1.29, 1.82) is 0 Å². The maximum Gasteiger partial charge on any atom is 0.185 e. The van der Waals surface area contributed by atoms with Crippen molar-refractivity contribution >= 4 is 16.5 Å². The third kappa shape index (κ3) is 3.04. The summed E-state index contributed by atoms with van der Waals surface area (Å²) in [4.78, 5) is 8.31. The van der Waals surface area contributed by atoms with Crippen LogP contribution in [-0.2, 0) is 0 Å². The van der Waals surface area contributed by atoms with Crippen LogP contribution in [0.5, 0.6) is 0 Å². The smallest absolute Gasteiger partial charge is 0.185 e. The molecule has 3 atom stereocenters. The van der Waals surface area contributed by atoms with E-state index in [1.54, 1.807) is 0 Å². The van der Waals surface area contributed by atoms with E-state index in [0.717, 1.165) is 5.92 Å². The third-order valence-electron chi connectivity index (χ3n) is 4.13. The number of nitrogens with zero attached hydrogens (tertiary/aromatic N) is 2. The van der Waals surface area contributed by atoms with Crippen molar-refractivity contribution in [3.63, 3.8) is 0 Å². The molecule has 1 fully saturated rings. The van der Waals surface area contributed by atoms with Crippen molar-refractivity contribution in [2.75, 3.05) is 19.0 Å². The fraction of sp³-hybridized carbons (Fsp3) is 0.786. The van der Waals surface area contributed by atoms with E-state index in [1.807, 2.05) is 24.6 Å². The van der Waals surface area contributed by atoms with Gasteiger partial charge in [-0.25, -0.2) is 4.98 Å². The second-order valence-electron chi connectivity index (χ2n) is 5.59. The van der Waals surface area contributed by atoms with Crippen LogP contribution in [0, 0.1) is 5.92 Å². The molecule has 1 aromatic heterocycles. The average Bonchev–Trinajstić information content (AvgIpc) is 2.86. The van der Waals surface area contributed by atoms with E-state index in [2.05, 4.69) is 36.1 Å². The van der Waals surface area contributed by atoms with Gasteiger partial charge in [-0.15, -0.1) is 11.3 Å². The highest BCUT2D eigenvalue weighted by molar-refractivity contribution is 7.15. The Bertz CT molecular complexity index is 377. The molecule has 1 aromatic rings. The van der Waals surface area contributed by atoms with Crippen LogP contribution in [0.2, 0.25) is 0 Å². The summed E-state index contributed by atoms with van der Waals surface area (Å²) in [6.45, 7) is 4.55. The Kier molecular flexibility index (Phi) is 4.62. The average molecular weight is 267 g/mol. The molecule has 0 saturated heterocycles. The Morgan fingerprint density at radius 1 is 1.50 bits per heavy atom. The van der Waals surface area contributed by atoms with Gasteiger partial charge in [0.05, 0.1) is 0 Å². The molecule has 0 bridgehead atoms. The lowest BCUT2D eigenvalue weighted by molar-refractivity contribution is 0.336. The lowest BCUT2D eigenvalue weighted by atomic mass is 9.86. The number of anilines is 1. The largest absolute Gasteiger partial charge is 0.348 e. The van der Waals surface area contributed by atoms with Crippen molar-refractivity contribution in [2.24, 2.45) is 5.92 Å². The lowest BCUT2D eigenvalue weighted by Crippen LogP contribution is -2.35. The van der Waals surface area contributed by atoms with E-state index in [1.165, 1.54) is 35.7 Å². The van der Waals surface area contributed by atoms with Gasteiger partial charge in [0.2, 0.25) is 0 Å². The molecule has 0 radical (unpaired) electrons. The molecule has 1 heterocycles. The number of hydrogen-bond acceptors (Lipinski definition) is 4. The van der Waals surface area contributed by atoms with Gasteiger partial charge in [-0.1, -0.05) is 19.8 Å². The van der Waals surface area contributed by atoms with Gasteiger partial charge in [0.25, 0.3) is 0 Å². The predicted molar refractivity (Wildman–Crippen MR) is 79.4 cm³/mol. The number of rotatable bonds is 4. The zero-order valence-corrected chi connectivity index (χ0v) is 12.8. The number of aromatic nitrogens is 1. The van der Waals surface area contributed by atoms with Crippen LogP contribution in [0.3, 0.4) is 0 Å². The first kappa shape index (κ1) is 13.8. The second kappa shape index (κ2) is 6.02. The van der Waals surface area contributed by atoms with Crippen LogP contribution in [0.1, 0.15) is 50.4 Å². The summed E-state index contributed by atoms with van der Waals surface area (Å²) in [7, 11) is 4.20. The van der Waals surface area contributed by atoms with Crippen LogP contribution in [0.4, 0.5) is 5.13 Å². The molecule has 1 saturated carbocycles. The fourth-order valence-electron chi connectivity index (χ4n) is 2.69. The molecule has 1 aliphatic carbocycles. The molecule has 0 spiro atoms. The number of hydrogen-bond donors (Lipinski definition) is 1. The van der Waals surface area contributed by atoms with Gasteiger partial charge in [0, 0.05) is 30.2 Å². The molecule has 3 unspecified atom stereocenters. The SMILES string of the molecule is CNC(C)c1cnc(N(C)C2CCCC(C)C2)s1. The maximum absolute atomic E-state index is 4.59. The minimum absolute atomic E-state index is 0.398. The van der Waals surface area contributed by atoms with Crippen molar-refractivity contribution in [3.8, 4) is 0 Å². The first-order valence-electron chi connectivity index (χ1n) is 6.97. The Morgan fingerprint density at radius 3 is 2.94 bits per heavy atom. The summed E-state index contributed by atoms with van der Waals surface area (Å²) in [5.74, 6) is 0.863. The molecule has 1 N–H and O–H groups in total. The summed E-state index contributed by atoms with van der Waals surface area (Å²) >= 11 is 1.82.